The highest BCUT2D eigenvalue weighted by molar-refractivity contribution is 6.30. The molecular weight excluding hydrogens is 332 g/mol. The molecule has 0 saturated carbocycles. The van der Waals surface area contributed by atoms with Crippen LogP contribution in [0.2, 0.25) is 5.02 Å². The number of amides is 1. The number of piperidine rings is 1. The number of anilines is 1. The summed E-state index contributed by atoms with van der Waals surface area (Å²) in [6.45, 7) is 7.87. The van der Waals surface area contributed by atoms with Crippen molar-refractivity contribution in [1.29, 1.82) is 0 Å². The van der Waals surface area contributed by atoms with Gasteiger partial charge in [0, 0.05) is 11.2 Å². The number of aromatic nitrogens is 1. The Hall–Kier alpha value is -2.13. The fraction of sp³-hybridized carbons (Fsp3) is 0.333. The average molecular weight is 355 g/mol. The molecule has 1 aliphatic heterocycles. The molecule has 2 atom stereocenters. The van der Waals surface area contributed by atoms with Gasteiger partial charge in [0.25, 0.3) is 0 Å². The van der Waals surface area contributed by atoms with Crippen molar-refractivity contribution in [3.63, 3.8) is 0 Å². The van der Waals surface area contributed by atoms with Crippen LogP contribution >= 0.6 is 11.6 Å². The highest BCUT2D eigenvalue weighted by Gasteiger charge is 2.44. The molecule has 25 heavy (non-hydrogen) atoms. The lowest BCUT2D eigenvalue weighted by atomic mass is 9.75. The van der Waals surface area contributed by atoms with Crippen molar-refractivity contribution >= 4 is 23.3 Å². The smallest absolute Gasteiger partial charge is 0.234 e. The minimum absolute atomic E-state index is 0.0306. The van der Waals surface area contributed by atoms with Crippen molar-refractivity contribution in [2.24, 2.45) is 5.41 Å². The lowest BCUT2D eigenvalue weighted by Crippen LogP contribution is -2.49. The zero-order valence-electron chi connectivity index (χ0n) is 14.7. The van der Waals surface area contributed by atoms with E-state index in [1.165, 1.54) is 0 Å². The molecule has 130 valence electrons. The fourth-order valence-corrected chi connectivity index (χ4v) is 3.67. The molecule has 1 aromatic carbocycles. The number of rotatable bonds is 4. The Morgan fingerprint density at radius 2 is 2.08 bits per heavy atom. The SMILES string of the molecule is C=CCC1(C)CC[C@@H](c2ccc(Cl)cc2)N(c2cc(C)ccn2)C1=O. The molecule has 1 amide bonds. The van der Waals surface area contributed by atoms with Gasteiger partial charge in [0.1, 0.15) is 5.82 Å². The maximum Gasteiger partial charge on any atom is 0.234 e. The van der Waals surface area contributed by atoms with Gasteiger partial charge < -0.3 is 0 Å². The summed E-state index contributed by atoms with van der Waals surface area (Å²) in [5.74, 6) is 0.816. The summed E-state index contributed by atoms with van der Waals surface area (Å²) in [5.41, 5.74) is 1.74. The van der Waals surface area contributed by atoms with Crippen molar-refractivity contribution in [3.8, 4) is 0 Å². The largest absolute Gasteiger partial charge is 0.289 e. The molecule has 2 aromatic rings. The third-order valence-electron chi connectivity index (χ3n) is 5.01. The summed E-state index contributed by atoms with van der Waals surface area (Å²) in [5, 5.41) is 0.697. The van der Waals surface area contributed by atoms with Crippen molar-refractivity contribution in [1.82, 2.24) is 4.98 Å². The first-order valence-corrected chi connectivity index (χ1v) is 8.95. The molecule has 2 heterocycles. The second-order valence-electron chi connectivity index (χ2n) is 7.03. The summed E-state index contributed by atoms with van der Waals surface area (Å²) in [6.07, 6.45) is 5.97. The van der Waals surface area contributed by atoms with Crippen LogP contribution in [0.5, 0.6) is 0 Å². The van der Waals surface area contributed by atoms with E-state index in [4.69, 9.17) is 11.6 Å². The highest BCUT2D eigenvalue weighted by atomic mass is 35.5. The molecule has 4 heteroatoms. The first kappa shape index (κ1) is 17.7. The Labute approximate surface area is 154 Å². The minimum Gasteiger partial charge on any atom is -0.289 e. The number of allylic oxidation sites excluding steroid dienone is 1. The molecule has 0 radical (unpaired) electrons. The quantitative estimate of drug-likeness (QED) is 0.680. The third kappa shape index (κ3) is 3.47. The van der Waals surface area contributed by atoms with E-state index in [0.29, 0.717) is 17.3 Å². The number of carbonyl (C=O) groups is 1. The first-order valence-electron chi connectivity index (χ1n) is 8.57. The van der Waals surface area contributed by atoms with Gasteiger partial charge in [-0.25, -0.2) is 4.98 Å². The third-order valence-corrected chi connectivity index (χ3v) is 5.27. The highest BCUT2D eigenvalue weighted by Crippen LogP contribution is 2.44. The van der Waals surface area contributed by atoms with E-state index in [0.717, 1.165) is 24.0 Å². The maximum absolute atomic E-state index is 13.4. The molecule has 0 aliphatic carbocycles. The number of hydrogen-bond donors (Lipinski definition) is 0. The zero-order chi connectivity index (χ0) is 18.0. The predicted octanol–water partition coefficient (Wildman–Crippen LogP) is 5.49. The predicted molar refractivity (Wildman–Crippen MR) is 103 cm³/mol. The summed E-state index contributed by atoms with van der Waals surface area (Å²) in [7, 11) is 0. The van der Waals surface area contributed by atoms with Crippen molar-refractivity contribution < 1.29 is 4.79 Å². The maximum atomic E-state index is 13.4. The van der Waals surface area contributed by atoms with Gasteiger partial charge in [0.15, 0.2) is 0 Å². The lowest BCUT2D eigenvalue weighted by molar-refractivity contribution is -0.130. The van der Waals surface area contributed by atoms with Crippen LogP contribution in [0.1, 0.15) is 43.4 Å². The van der Waals surface area contributed by atoms with Gasteiger partial charge in [-0.15, -0.1) is 6.58 Å². The van der Waals surface area contributed by atoms with Gasteiger partial charge in [0.05, 0.1) is 11.5 Å². The number of hydrogen-bond acceptors (Lipinski definition) is 2. The van der Waals surface area contributed by atoms with Crippen LogP contribution in [0.4, 0.5) is 5.82 Å². The molecule has 1 aliphatic rings. The lowest BCUT2D eigenvalue weighted by Gasteiger charge is -2.44. The summed E-state index contributed by atoms with van der Waals surface area (Å²) in [6, 6.07) is 11.6. The van der Waals surface area contributed by atoms with Gasteiger partial charge in [-0.1, -0.05) is 36.7 Å². The summed E-state index contributed by atoms with van der Waals surface area (Å²) < 4.78 is 0. The molecule has 0 spiro atoms. The van der Waals surface area contributed by atoms with E-state index >= 15 is 0 Å². The Balaban J connectivity index is 2.06. The van der Waals surface area contributed by atoms with Crippen LogP contribution in [-0.2, 0) is 4.79 Å². The first-order chi connectivity index (χ1) is 11.9. The van der Waals surface area contributed by atoms with E-state index in [9.17, 15) is 4.79 Å². The van der Waals surface area contributed by atoms with Crippen molar-refractivity contribution in [2.75, 3.05) is 4.90 Å². The van der Waals surface area contributed by atoms with Crippen LogP contribution in [0.25, 0.3) is 0 Å². The van der Waals surface area contributed by atoms with Gasteiger partial charge in [0.2, 0.25) is 5.91 Å². The van der Waals surface area contributed by atoms with Crippen molar-refractivity contribution in [3.05, 3.63) is 71.4 Å². The molecule has 3 nitrogen and oxygen atoms in total. The van der Waals surface area contributed by atoms with E-state index < -0.39 is 5.41 Å². The molecule has 1 aromatic heterocycles. The van der Waals surface area contributed by atoms with Crippen LogP contribution in [0.3, 0.4) is 0 Å². The Kier molecular flexibility index (Phi) is 4.96. The summed E-state index contributed by atoms with van der Waals surface area (Å²) in [4.78, 5) is 19.8. The zero-order valence-corrected chi connectivity index (χ0v) is 15.5. The van der Waals surface area contributed by atoms with Gasteiger partial charge in [-0.05, 0) is 61.6 Å². The topological polar surface area (TPSA) is 33.2 Å². The van der Waals surface area contributed by atoms with E-state index in [2.05, 4.69) is 11.6 Å². The van der Waals surface area contributed by atoms with E-state index in [1.807, 2.05) is 61.2 Å². The number of carbonyl (C=O) groups excluding carboxylic acids is 1. The number of aryl methyl sites for hydroxylation is 1. The van der Waals surface area contributed by atoms with Crippen LogP contribution in [0, 0.1) is 12.3 Å². The monoisotopic (exact) mass is 354 g/mol. The number of halogens is 1. The second kappa shape index (κ2) is 7.01. The second-order valence-corrected chi connectivity index (χ2v) is 7.46. The van der Waals surface area contributed by atoms with Crippen molar-refractivity contribution in [2.45, 2.75) is 39.2 Å². The average Bonchev–Trinajstić information content (AvgIpc) is 2.58. The minimum atomic E-state index is -0.434. The van der Waals surface area contributed by atoms with Crippen LogP contribution < -0.4 is 4.90 Å². The Morgan fingerprint density at radius 1 is 1.36 bits per heavy atom. The number of benzene rings is 1. The Morgan fingerprint density at radius 3 is 2.72 bits per heavy atom. The Bertz CT molecular complexity index is 787. The van der Waals surface area contributed by atoms with E-state index in [-0.39, 0.29) is 11.9 Å². The van der Waals surface area contributed by atoms with Gasteiger partial charge in [-0.2, -0.15) is 0 Å². The van der Waals surface area contributed by atoms with Crippen LogP contribution in [0.15, 0.2) is 55.3 Å². The van der Waals surface area contributed by atoms with Gasteiger partial charge >= 0.3 is 0 Å². The summed E-state index contributed by atoms with van der Waals surface area (Å²) >= 11 is 6.04. The molecule has 1 unspecified atom stereocenters. The molecule has 0 bridgehead atoms. The molecular formula is C21H23ClN2O. The van der Waals surface area contributed by atoms with Gasteiger partial charge in [-0.3, -0.25) is 9.69 Å². The van der Waals surface area contributed by atoms with E-state index in [1.54, 1.807) is 6.20 Å². The van der Waals surface area contributed by atoms with Crippen LogP contribution in [-0.4, -0.2) is 10.9 Å². The molecule has 0 N–H and O–H groups in total. The number of nitrogens with zero attached hydrogens (tertiary/aromatic N) is 2. The normalized spacial score (nSPS) is 23.6. The standard InChI is InChI=1S/C21H23ClN2O/c1-4-11-21(3)12-9-18(16-5-7-17(22)8-6-16)24(20(21)25)19-14-15(2)10-13-23-19/h4-8,10,13-14,18H,1,9,11-12H2,2-3H3/t18-,21?/m0/s1. The molecule has 1 saturated heterocycles. The molecule has 1 fully saturated rings. The molecule has 3 rings (SSSR count). The number of pyridine rings is 1. The fourth-order valence-electron chi connectivity index (χ4n) is 3.55.